The van der Waals surface area contributed by atoms with Gasteiger partial charge in [-0.25, -0.2) is 0 Å². The highest BCUT2D eigenvalue weighted by Crippen LogP contribution is 2.09. The van der Waals surface area contributed by atoms with Crippen molar-refractivity contribution >= 4 is 11.9 Å². The van der Waals surface area contributed by atoms with Crippen LogP contribution in [0, 0.1) is 0 Å². The van der Waals surface area contributed by atoms with Gasteiger partial charge in [0.1, 0.15) is 6.54 Å². The number of hydrogen-bond donors (Lipinski definition) is 1. The minimum absolute atomic E-state index is 0.193. The van der Waals surface area contributed by atoms with E-state index in [9.17, 15) is 9.59 Å². The van der Waals surface area contributed by atoms with Crippen molar-refractivity contribution in [1.82, 2.24) is 14.7 Å². The normalized spacial score (nSPS) is 10.7. The molecule has 0 aliphatic carbocycles. The van der Waals surface area contributed by atoms with Crippen LogP contribution in [0.15, 0.2) is 42.7 Å². The molecule has 1 heterocycles. The van der Waals surface area contributed by atoms with Crippen LogP contribution in [0.1, 0.15) is 29.8 Å². The second-order valence-electron chi connectivity index (χ2n) is 5.33. The SMILES string of the molecule is CC(C)N(CC(=O)O)C(=O)c1cnn(Cc2ccccc2)c1. The van der Waals surface area contributed by atoms with Crippen LogP contribution in [0.2, 0.25) is 0 Å². The van der Waals surface area contributed by atoms with E-state index in [1.54, 1.807) is 24.7 Å². The van der Waals surface area contributed by atoms with Gasteiger partial charge in [-0.3, -0.25) is 14.3 Å². The number of hydrogen-bond acceptors (Lipinski definition) is 3. The van der Waals surface area contributed by atoms with E-state index in [-0.39, 0.29) is 18.5 Å². The molecule has 6 nitrogen and oxygen atoms in total. The van der Waals surface area contributed by atoms with Crippen molar-refractivity contribution < 1.29 is 14.7 Å². The predicted molar refractivity (Wildman–Crippen MR) is 81.6 cm³/mol. The third-order valence-corrected chi connectivity index (χ3v) is 3.26. The molecule has 0 saturated heterocycles. The highest BCUT2D eigenvalue weighted by molar-refractivity contribution is 5.95. The van der Waals surface area contributed by atoms with Crippen LogP contribution in [-0.2, 0) is 11.3 Å². The molecule has 0 atom stereocenters. The second-order valence-corrected chi connectivity index (χ2v) is 5.33. The third-order valence-electron chi connectivity index (χ3n) is 3.26. The Hall–Kier alpha value is -2.63. The summed E-state index contributed by atoms with van der Waals surface area (Å²) in [5.74, 6) is -1.35. The van der Waals surface area contributed by atoms with E-state index < -0.39 is 5.97 Å². The fourth-order valence-electron chi connectivity index (χ4n) is 2.13. The van der Waals surface area contributed by atoms with E-state index in [1.165, 1.54) is 11.1 Å². The number of benzene rings is 1. The number of aliphatic carboxylic acids is 1. The molecule has 0 aliphatic rings. The van der Waals surface area contributed by atoms with Crippen LogP contribution in [-0.4, -0.2) is 44.3 Å². The monoisotopic (exact) mass is 301 g/mol. The molecular weight excluding hydrogens is 282 g/mol. The average Bonchev–Trinajstić information content (AvgIpc) is 2.93. The Morgan fingerprint density at radius 1 is 1.27 bits per heavy atom. The van der Waals surface area contributed by atoms with E-state index in [4.69, 9.17) is 5.11 Å². The summed E-state index contributed by atoms with van der Waals surface area (Å²) in [6.07, 6.45) is 3.12. The molecule has 1 N–H and O–H groups in total. The zero-order valence-electron chi connectivity index (χ0n) is 12.6. The highest BCUT2D eigenvalue weighted by atomic mass is 16.4. The van der Waals surface area contributed by atoms with Gasteiger partial charge in [-0.15, -0.1) is 0 Å². The van der Waals surface area contributed by atoms with E-state index in [0.717, 1.165) is 5.56 Å². The molecule has 0 spiro atoms. The van der Waals surface area contributed by atoms with Crippen molar-refractivity contribution in [3.63, 3.8) is 0 Å². The van der Waals surface area contributed by atoms with Gasteiger partial charge in [-0.2, -0.15) is 5.10 Å². The summed E-state index contributed by atoms with van der Waals surface area (Å²) in [4.78, 5) is 24.6. The molecule has 2 aromatic rings. The van der Waals surface area contributed by atoms with E-state index >= 15 is 0 Å². The fourth-order valence-corrected chi connectivity index (χ4v) is 2.13. The Bertz CT molecular complexity index is 650. The quantitative estimate of drug-likeness (QED) is 0.883. The van der Waals surface area contributed by atoms with E-state index in [2.05, 4.69) is 5.10 Å². The lowest BCUT2D eigenvalue weighted by molar-refractivity contribution is -0.138. The molecule has 1 aromatic heterocycles. The number of aromatic nitrogens is 2. The predicted octanol–water partition coefficient (Wildman–Crippen LogP) is 1.87. The van der Waals surface area contributed by atoms with Crippen LogP contribution in [0.25, 0.3) is 0 Å². The summed E-state index contributed by atoms with van der Waals surface area (Å²) in [6, 6.07) is 9.59. The van der Waals surface area contributed by atoms with Gasteiger partial charge in [-0.1, -0.05) is 30.3 Å². The van der Waals surface area contributed by atoms with E-state index in [1.807, 2.05) is 30.3 Å². The molecule has 0 bridgehead atoms. The molecule has 6 heteroatoms. The lowest BCUT2D eigenvalue weighted by Crippen LogP contribution is -2.40. The molecule has 22 heavy (non-hydrogen) atoms. The molecule has 0 fully saturated rings. The van der Waals surface area contributed by atoms with Gasteiger partial charge in [0.2, 0.25) is 0 Å². The number of nitrogens with zero attached hydrogens (tertiary/aromatic N) is 3. The first-order chi connectivity index (χ1) is 10.5. The number of carboxylic acid groups (broad SMARTS) is 1. The molecule has 1 aromatic carbocycles. The molecule has 0 radical (unpaired) electrons. The van der Waals surface area contributed by atoms with Gasteiger partial charge in [0, 0.05) is 12.2 Å². The van der Waals surface area contributed by atoms with Gasteiger partial charge in [0.15, 0.2) is 0 Å². The van der Waals surface area contributed by atoms with Gasteiger partial charge in [0.05, 0.1) is 18.3 Å². The molecule has 0 unspecified atom stereocenters. The average molecular weight is 301 g/mol. The van der Waals surface area contributed by atoms with Crippen molar-refractivity contribution in [3.05, 3.63) is 53.9 Å². The molecule has 116 valence electrons. The zero-order valence-corrected chi connectivity index (χ0v) is 12.6. The second kappa shape index (κ2) is 6.89. The first-order valence-electron chi connectivity index (χ1n) is 7.06. The van der Waals surface area contributed by atoms with Crippen LogP contribution in [0.3, 0.4) is 0 Å². The third kappa shape index (κ3) is 3.94. The number of carbonyl (C=O) groups is 2. The summed E-state index contributed by atoms with van der Waals surface area (Å²) >= 11 is 0. The zero-order chi connectivity index (χ0) is 16.1. The maximum Gasteiger partial charge on any atom is 0.323 e. The van der Waals surface area contributed by atoms with Gasteiger partial charge in [-0.05, 0) is 19.4 Å². The minimum atomic E-state index is -1.03. The Kier molecular flexibility index (Phi) is 4.93. The summed E-state index contributed by atoms with van der Waals surface area (Å²) < 4.78 is 1.67. The minimum Gasteiger partial charge on any atom is -0.480 e. The number of rotatable bonds is 6. The molecular formula is C16H19N3O3. The van der Waals surface area contributed by atoms with Crippen LogP contribution in [0.5, 0.6) is 0 Å². The summed E-state index contributed by atoms with van der Waals surface area (Å²) in [5, 5.41) is 13.1. The van der Waals surface area contributed by atoms with Crippen molar-refractivity contribution in [1.29, 1.82) is 0 Å². The maximum atomic E-state index is 12.4. The van der Waals surface area contributed by atoms with Crippen molar-refractivity contribution in [3.8, 4) is 0 Å². The standard InChI is InChI=1S/C16H19N3O3/c1-12(2)19(11-15(20)21)16(22)14-8-17-18(10-14)9-13-6-4-3-5-7-13/h3-8,10,12H,9,11H2,1-2H3,(H,20,21). The van der Waals surface area contributed by atoms with Crippen molar-refractivity contribution in [2.24, 2.45) is 0 Å². The van der Waals surface area contributed by atoms with Crippen LogP contribution < -0.4 is 0 Å². The number of carboxylic acids is 1. The maximum absolute atomic E-state index is 12.4. The fraction of sp³-hybridized carbons (Fsp3) is 0.312. The van der Waals surface area contributed by atoms with Gasteiger partial charge >= 0.3 is 5.97 Å². The smallest absolute Gasteiger partial charge is 0.323 e. The summed E-state index contributed by atoms with van der Waals surface area (Å²) in [5.41, 5.74) is 1.47. The number of carbonyl (C=O) groups excluding carboxylic acids is 1. The Morgan fingerprint density at radius 2 is 1.95 bits per heavy atom. The van der Waals surface area contributed by atoms with E-state index in [0.29, 0.717) is 12.1 Å². The topological polar surface area (TPSA) is 75.4 Å². The molecule has 2 rings (SSSR count). The van der Waals surface area contributed by atoms with Gasteiger partial charge < -0.3 is 10.0 Å². The molecule has 0 aliphatic heterocycles. The van der Waals surface area contributed by atoms with Crippen LogP contribution >= 0.6 is 0 Å². The Morgan fingerprint density at radius 3 is 2.55 bits per heavy atom. The Balaban J connectivity index is 2.12. The first-order valence-corrected chi connectivity index (χ1v) is 7.06. The number of amides is 1. The lowest BCUT2D eigenvalue weighted by atomic mass is 10.2. The summed E-state index contributed by atoms with van der Waals surface area (Å²) in [6.45, 7) is 3.82. The summed E-state index contributed by atoms with van der Waals surface area (Å²) in [7, 11) is 0. The van der Waals surface area contributed by atoms with Crippen molar-refractivity contribution in [2.45, 2.75) is 26.4 Å². The first kappa shape index (κ1) is 15.8. The Labute approximate surface area is 129 Å². The van der Waals surface area contributed by atoms with Crippen molar-refractivity contribution in [2.75, 3.05) is 6.54 Å². The van der Waals surface area contributed by atoms with Gasteiger partial charge in [0.25, 0.3) is 5.91 Å². The largest absolute Gasteiger partial charge is 0.480 e. The molecule has 0 saturated carbocycles. The highest BCUT2D eigenvalue weighted by Gasteiger charge is 2.22. The van der Waals surface area contributed by atoms with Crippen LogP contribution in [0.4, 0.5) is 0 Å². The lowest BCUT2D eigenvalue weighted by Gasteiger charge is -2.24. The molecule has 1 amide bonds.